The van der Waals surface area contributed by atoms with Crippen LogP contribution >= 0.6 is 0 Å². The fourth-order valence-corrected chi connectivity index (χ4v) is 6.19. The Kier molecular flexibility index (Phi) is 8.15. The van der Waals surface area contributed by atoms with Crippen LogP contribution in [0.3, 0.4) is 0 Å². The molecule has 2 aromatic rings. The van der Waals surface area contributed by atoms with Gasteiger partial charge in [0.1, 0.15) is 11.6 Å². The van der Waals surface area contributed by atoms with Gasteiger partial charge < -0.3 is 4.74 Å². The van der Waals surface area contributed by atoms with Crippen LogP contribution in [0.15, 0.2) is 30.3 Å². The number of hydrogen-bond donors (Lipinski definition) is 0. The van der Waals surface area contributed by atoms with Crippen molar-refractivity contribution in [2.24, 2.45) is 17.8 Å². The third kappa shape index (κ3) is 5.75. The minimum atomic E-state index is -3.18. The van der Waals surface area contributed by atoms with Gasteiger partial charge in [-0.2, -0.15) is 8.78 Å². The molecule has 4 rings (SSSR count). The summed E-state index contributed by atoms with van der Waals surface area (Å²) >= 11 is 0. The first-order chi connectivity index (χ1) is 16.4. The smallest absolute Gasteiger partial charge is 0.387 e. The van der Waals surface area contributed by atoms with Crippen molar-refractivity contribution in [3.63, 3.8) is 0 Å². The molecule has 1 nitrogen and oxygen atoms in total. The Hall–Kier alpha value is -2.11. The molecule has 2 aromatic carbocycles. The number of halogens is 5. The predicted molar refractivity (Wildman–Crippen MR) is 123 cm³/mol. The van der Waals surface area contributed by atoms with Crippen molar-refractivity contribution in [2.45, 2.75) is 83.7 Å². The van der Waals surface area contributed by atoms with Gasteiger partial charge in [0.25, 0.3) is 0 Å². The second kappa shape index (κ2) is 11.1. The molecule has 2 saturated carbocycles. The summed E-state index contributed by atoms with van der Waals surface area (Å²) in [6.07, 6.45) is 11.9. The summed E-state index contributed by atoms with van der Waals surface area (Å²) in [6.45, 7) is -0.949. The zero-order valence-electron chi connectivity index (χ0n) is 19.6. The largest absolute Gasteiger partial charge is 0.432 e. The standard InChI is InChI=1S/C28H33F5O/c1-2-3-4-5-17-6-7-19-13-20(9-8-18(19)12-17)22-15-24(30)27(25(31)16-22)21-10-11-26(23(29)14-21)34-28(32)33/h10-11,14-20,28H,2-9,12-13H2,1H3/t17?,18-,19-,20-/m1/s1. The van der Waals surface area contributed by atoms with Gasteiger partial charge in [0, 0.05) is 0 Å². The number of alkyl halides is 2. The molecule has 0 aromatic heterocycles. The van der Waals surface area contributed by atoms with Gasteiger partial charge in [0.15, 0.2) is 11.6 Å². The highest BCUT2D eigenvalue weighted by molar-refractivity contribution is 5.66. The van der Waals surface area contributed by atoms with Gasteiger partial charge in [0.05, 0.1) is 5.56 Å². The van der Waals surface area contributed by atoms with Crippen molar-refractivity contribution in [3.8, 4) is 16.9 Å². The third-order valence-electron chi connectivity index (χ3n) is 7.91. The molecule has 0 aliphatic heterocycles. The number of unbranched alkanes of at least 4 members (excludes halogenated alkanes) is 2. The van der Waals surface area contributed by atoms with Crippen LogP contribution in [-0.4, -0.2) is 6.61 Å². The fraction of sp³-hybridized carbons (Fsp3) is 0.571. The molecule has 6 heteroatoms. The van der Waals surface area contributed by atoms with E-state index in [-0.39, 0.29) is 17.0 Å². The summed E-state index contributed by atoms with van der Waals surface area (Å²) in [5.74, 6) is -0.994. The van der Waals surface area contributed by atoms with Gasteiger partial charge in [-0.05, 0) is 91.2 Å². The molecule has 0 amide bonds. The van der Waals surface area contributed by atoms with Crippen molar-refractivity contribution in [2.75, 3.05) is 0 Å². The minimum Gasteiger partial charge on any atom is -0.432 e. The van der Waals surface area contributed by atoms with E-state index in [1.165, 1.54) is 63.1 Å². The minimum absolute atomic E-state index is 0.0502. The van der Waals surface area contributed by atoms with Gasteiger partial charge in [-0.1, -0.05) is 45.1 Å². The van der Waals surface area contributed by atoms with E-state index in [0.717, 1.165) is 43.2 Å². The van der Waals surface area contributed by atoms with E-state index in [9.17, 15) is 13.2 Å². The number of fused-ring (bicyclic) bond motifs is 1. The Bertz CT molecular complexity index is 952. The average Bonchev–Trinajstić information content (AvgIpc) is 2.80. The van der Waals surface area contributed by atoms with Gasteiger partial charge >= 0.3 is 6.61 Å². The second-order valence-corrected chi connectivity index (χ2v) is 10.1. The third-order valence-corrected chi connectivity index (χ3v) is 7.91. The lowest BCUT2D eigenvalue weighted by atomic mass is 9.63. The van der Waals surface area contributed by atoms with Crippen LogP contribution in [0.4, 0.5) is 22.0 Å². The molecule has 2 aliphatic rings. The molecule has 0 N–H and O–H groups in total. The monoisotopic (exact) mass is 480 g/mol. The van der Waals surface area contributed by atoms with E-state index < -0.39 is 29.8 Å². The van der Waals surface area contributed by atoms with Gasteiger partial charge in [0.2, 0.25) is 0 Å². The van der Waals surface area contributed by atoms with Gasteiger partial charge in [-0.25, -0.2) is 13.2 Å². The highest BCUT2D eigenvalue weighted by atomic mass is 19.3. The fourth-order valence-electron chi connectivity index (χ4n) is 6.19. The summed E-state index contributed by atoms with van der Waals surface area (Å²) in [5.41, 5.74) is 0.249. The number of benzene rings is 2. The molecule has 0 heterocycles. The highest BCUT2D eigenvalue weighted by Gasteiger charge is 2.36. The van der Waals surface area contributed by atoms with Gasteiger partial charge in [-0.3, -0.25) is 0 Å². The topological polar surface area (TPSA) is 9.23 Å². The molecule has 4 atom stereocenters. The second-order valence-electron chi connectivity index (χ2n) is 10.1. The van der Waals surface area contributed by atoms with Gasteiger partial charge in [-0.15, -0.1) is 0 Å². The molecule has 1 unspecified atom stereocenters. The molecule has 0 radical (unpaired) electrons. The van der Waals surface area contributed by atoms with Crippen LogP contribution in [0.1, 0.15) is 82.6 Å². The molecular formula is C28H33F5O. The van der Waals surface area contributed by atoms with E-state index in [1.54, 1.807) is 0 Å². The van der Waals surface area contributed by atoms with Crippen LogP contribution in [-0.2, 0) is 0 Å². The van der Waals surface area contributed by atoms with Crippen molar-refractivity contribution >= 4 is 0 Å². The number of hydrogen-bond acceptors (Lipinski definition) is 1. The summed E-state index contributed by atoms with van der Waals surface area (Å²) in [6, 6.07) is 5.70. The molecule has 2 fully saturated rings. The predicted octanol–water partition coefficient (Wildman–Crippen LogP) is 9.25. The zero-order chi connectivity index (χ0) is 24.2. The number of ether oxygens (including phenoxy) is 1. The van der Waals surface area contributed by atoms with E-state index in [1.807, 2.05) is 0 Å². The quantitative estimate of drug-likeness (QED) is 0.270. The van der Waals surface area contributed by atoms with Crippen LogP contribution in [0.5, 0.6) is 5.75 Å². The van der Waals surface area contributed by atoms with E-state index in [4.69, 9.17) is 0 Å². The molecule has 186 valence electrons. The van der Waals surface area contributed by atoms with E-state index in [0.29, 0.717) is 11.5 Å². The van der Waals surface area contributed by atoms with Crippen molar-refractivity contribution < 1.29 is 26.7 Å². The average molecular weight is 481 g/mol. The SMILES string of the molecule is CCCCCC1CC[C@@H]2C[C@H](c3cc(F)c(-c4ccc(OC(F)F)c(F)c4)c(F)c3)CC[C@@H]2C1. The summed E-state index contributed by atoms with van der Waals surface area (Å²) in [5, 5.41) is 0. The summed E-state index contributed by atoms with van der Waals surface area (Å²) in [7, 11) is 0. The number of rotatable bonds is 8. The first-order valence-electron chi connectivity index (χ1n) is 12.6. The van der Waals surface area contributed by atoms with Crippen LogP contribution in [0, 0.1) is 35.2 Å². The Morgan fingerprint density at radius 2 is 1.56 bits per heavy atom. The molecule has 34 heavy (non-hydrogen) atoms. The summed E-state index contributed by atoms with van der Waals surface area (Å²) < 4.78 is 72.9. The molecule has 0 saturated heterocycles. The van der Waals surface area contributed by atoms with E-state index >= 15 is 8.78 Å². The molecule has 0 bridgehead atoms. The van der Waals surface area contributed by atoms with Crippen LogP contribution < -0.4 is 4.74 Å². The van der Waals surface area contributed by atoms with Crippen molar-refractivity contribution in [1.82, 2.24) is 0 Å². The first kappa shape index (κ1) is 25.0. The Balaban J connectivity index is 1.44. The summed E-state index contributed by atoms with van der Waals surface area (Å²) in [4.78, 5) is 0. The first-order valence-corrected chi connectivity index (χ1v) is 12.6. The lowest BCUT2D eigenvalue weighted by molar-refractivity contribution is -0.0521. The highest BCUT2D eigenvalue weighted by Crippen LogP contribution is 2.49. The Morgan fingerprint density at radius 1 is 0.853 bits per heavy atom. The van der Waals surface area contributed by atoms with Crippen molar-refractivity contribution in [1.29, 1.82) is 0 Å². The zero-order valence-corrected chi connectivity index (χ0v) is 19.6. The van der Waals surface area contributed by atoms with Crippen LogP contribution in [0.25, 0.3) is 11.1 Å². The normalized spacial score (nSPS) is 24.8. The van der Waals surface area contributed by atoms with E-state index in [2.05, 4.69) is 11.7 Å². The Morgan fingerprint density at radius 3 is 2.24 bits per heavy atom. The van der Waals surface area contributed by atoms with Crippen LogP contribution in [0.2, 0.25) is 0 Å². The molecular weight excluding hydrogens is 447 g/mol. The Labute approximate surface area is 198 Å². The lowest BCUT2D eigenvalue weighted by Gasteiger charge is -2.42. The maximum absolute atomic E-state index is 15.0. The molecule has 0 spiro atoms. The maximum atomic E-state index is 15.0. The molecule has 2 aliphatic carbocycles. The lowest BCUT2D eigenvalue weighted by Crippen LogP contribution is -2.30. The maximum Gasteiger partial charge on any atom is 0.387 e. The van der Waals surface area contributed by atoms with Crippen molar-refractivity contribution in [3.05, 3.63) is 53.3 Å².